The zero-order valence-corrected chi connectivity index (χ0v) is 7.05. The van der Waals surface area contributed by atoms with Gasteiger partial charge in [-0.2, -0.15) is 0 Å². The lowest BCUT2D eigenvalue weighted by Gasteiger charge is -2.09. The minimum absolute atomic E-state index is 0.928. The third-order valence-electron chi connectivity index (χ3n) is 1.98. The van der Waals surface area contributed by atoms with Crippen LogP contribution in [-0.2, 0) is 0 Å². The third-order valence-corrected chi connectivity index (χ3v) is 2.65. The smallest absolute Gasteiger partial charge is 0.118 e. The summed E-state index contributed by atoms with van der Waals surface area (Å²) in [5.41, 5.74) is 0. The molecule has 1 atom stereocenters. The highest BCUT2D eigenvalue weighted by Crippen LogP contribution is 2.12. The van der Waals surface area contributed by atoms with Gasteiger partial charge in [0, 0.05) is 0 Å². The van der Waals surface area contributed by atoms with Crippen LogP contribution in [0, 0.1) is 5.92 Å². The molecule has 1 fully saturated rings. The number of hydrogen-bond acceptors (Lipinski definition) is 1. The van der Waals surface area contributed by atoms with Crippen molar-refractivity contribution < 1.29 is 0 Å². The van der Waals surface area contributed by atoms with Gasteiger partial charge in [0.25, 0.3) is 0 Å². The molecule has 2 heteroatoms. The van der Waals surface area contributed by atoms with Crippen LogP contribution in [0.1, 0.15) is 19.3 Å². The van der Waals surface area contributed by atoms with E-state index in [1.54, 1.807) is 0 Å². The van der Waals surface area contributed by atoms with Crippen molar-refractivity contribution in [2.45, 2.75) is 24.5 Å². The Bertz CT molecular complexity index is 67.3. The second-order valence-corrected chi connectivity index (χ2v) is 3.27. The summed E-state index contributed by atoms with van der Waals surface area (Å²) in [5, 5.41) is 4.71. The van der Waals surface area contributed by atoms with E-state index in [4.69, 9.17) is 0 Å². The van der Waals surface area contributed by atoms with E-state index in [2.05, 4.69) is 21.6 Å². The molecule has 1 aliphatic heterocycles. The molecule has 9 heavy (non-hydrogen) atoms. The Morgan fingerprint density at radius 2 is 2.33 bits per heavy atom. The molecule has 1 aliphatic rings. The normalized spacial score (nSPS) is 29.6. The zero-order chi connectivity index (χ0) is 6.53. The highest BCUT2D eigenvalue weighted by Gasteiger charge is 2.07. The predicted octanol–water partition coefficient (Wildman–Crippen LogP) is 0.963. The van der Waals surface area contributed by atoms with Gasteiger partial charge in [-0.3, -0.25) is 0 Å². The Labute approximate surface area is 65.6 Å². The fourth-order valence-electron chi connectivity index (χ4n) is 1.29. The average Bonchev–Trinajstić information content (AvgIpc) is 2.13. The maximum absolute atomic E-state index is 3.43. The summed E-state index contributed by atoms with van der Waals surface area (Å²) in [6.07, 6.45) is 4.23. The Hall–Kier alpha value is 0.492. The number of rotatable bonds is 1. The van der Waals surface area contributed by atoms with Crippen molar-refractivity contribution in [2.75, 3.05) is 13.1 Å². The lowest BCUT2D eigenvalue weighted by Crippen LogP contribution is -2.20. The van der Waals surface area contributed by atoms with E-state index in [0.717, 1.165) is 5.92 Å². The summed E-state index contributed by atoms with van der Waals surface area (Å²) in [7, 11) is 0. The van der Waals surface area contributed by atoms with Gasteiger partial charge in [0.15, 0.2) is 0 Å². The Morgan fingerprint density at radius 1 is 1.44 bits per heavy atom. The molecule has 0 aromatic carbocycles. The summed E-state index contributed by atoms with van der Waals surface area (Å²) in [5.74, 6) is 0.928. The predicted molar refractivity (Wildman–Crippen MR) is 40.8 cm³/mol. The average molecular weight is 139 g/mol. The van der Waals surface area contributed by atoms with Gasteiger partial charge in [0.2, 0.25) is 0 Å². The van der Waals surface area contributed by atoms with E-state index in [-0.39, 0.29) is 0 Å². The van der Waals surface area contributed by atoms with Gasteiger partial charge < -0.3 is 5.32 Å². The third kappa shape index (κ3) is 2.71. The largest absolute Gasteiger partial charge is 0.317 e. The first-order chi connectivity index (χ1) is 4.43. The van der Waals surface area contributed by atoms with Crippen LogP contribution >= 0.6 is 0 Å². The van der Waals surface area contributed by atoms with Crippen LogP contribution in [0.15, 0.2) is 0 Å². The van der Waals surface area contributed by atoms with Crippen LogP contribution in [0.3, 0.4) is 0 Å². The lowest BCUT2D eigenvalue weighted by atomic mass is 10.1. The van der Waals surface area contributed by atoms with Crippen molar-refractivity contribution in [3.63, 3.8) is 0 Å². The molecular weight excluding hydrogens is 125 g/mol. The first-order valence-electron chi connectivity index (χ1n) is 3.84. The molecule has 1 heterocycles. The molecule has 50 valence electrons. The fourth-order valence-corrected chi connectivity index (χ4v) is 1.69. The maximum Gasteiger partial charge on any atom is 0.118 e. The van der Waals surface area contributed by atoms with E-state index < -0.39 is 0 Å². The summed E-state index contributed by atoms with van der Waals surface area (Å²) < 4.78 is 0. The minimum atomic E-state index is 0.928. The minimum Gasteiger partial charge on any atom is -0.317 e. The fraction of sp³-hybridized carbons (Fsp3) is 1.00. The van der Waals surface area contributed by atoms with Gasteiger partial charge in [-0.25, -0.2) is 0 Å². The van der Waals surface area contributed by atoms with Crippen LogP contribution in [0.25, 0.3) is 0 Å². The van der Waals surface area contributed by atoms with Gasteiger partial charge in [-0.05, 0) is 25.4 Å². The second kappa shape index (κ2) is 4.33. The Kier molecular flexibility index (Phi) is 3.66. The highest BCUT2D eigenvalue weighted by atomic mass is 27.0. The molecule has 0 spiro atoms. The van der Waals surface area contributed by atoms with Gasteiger partial charge in [-0.15, -0.1) is 5.28 Å². The van der Waals surface area contributed by atoms with Crippen molar-refractivity contribution in [2.24, 2.45) is 5.92 Å². The van der Waals surface area contributed by atoms with E-state index in [9.17, 15) is 0 Å². The van der Waals surface area contributed by atoms with Crippen LogP contribution in [0.5, 0.6) is 0 Å². The molecule has 0 aliphatic carbocycles. The van der Waals surface area contributed by atoms with E-state index in [1.807, 2.05) is 0 Å². The first-order valence-corrected chi connectivity index (χ1v) is 4.66. The molecule has 2 radical (unpaired) electrons. The molecule has 1 unspecified atom stereocenters. The molecule has 0 saturated carbocycles. The Balaban J connectivity index is 2.18. The van der Waals surface area contributed by atoms with Crippen molar-refractivity contribution in [3.8, 4) is 0 Å². The molecule has 0 amide bonds. The summed E-state index contributed by atoms with van der Waals surface area (Å²) in [4.78, 5) is 0. The van der Waals surface area contributed by atoms with Gasteiger partial charge in [0.05, 0.1) is 0 Å². The standard InChI is InChI=1S/C7H14N.Al/c1-7-4-2-3-5-8-6-7;/h7-8H,1-6H2;. The molecular formula is C7H14AlN. The van der Waals surface area contributed by atoms with E-state index in [1.165, 1.54) is 37.6 Å². The topological polar surface area (TPSA) is 12.0 Å². The van der Waals surface area contributed by atoms with Crippen LogP contribution in [0.4, 0.5) is 0 Å². The SMILES string of the molecule is [Al][CH2]C1CCCCNC1. The van der Waals surface area contributed by atoms with Crippen LogP contribution in [0.2, 0.25) is 5.28 Å². The van der Waals surface area contributed by atoms with Crippen molar-refractivity contribution >= 4 is 16.3 Å². The quantitative estimate of drug-likeness (QED) is 0.533. The maximum atomic E-state index is 3.43. The monoisotopic (exact) mass is 139 g/mol. The number of hydrogen-bond donors (Lipinski definition) is 1. The lowest BCUT2D eigenvalue weighted by molar-refractivity contribution is 0.525. The van der Waals surface area contributed by atoms with E-state index in [0.29, 0.717) is 0 Å². The molecule has 0 bridgehead atoms. The molecule has 1 N–H and O–H groups in total. The summed E-state index contributed by atoms with van der Waals surface area (Å²) >= 11 is 2.83. The van der Waals surface area contributed by atoms with Crippen LogP contribution in [-0.4, -0.2) is 29.4 Å². The molecule has 0 aromatic rings. The van der Waals surface area contributed by atoms with Gasteiger partial charge in [-0.1, -0.05) is 12.8 Å². The van der Waals surface area contributed by atoms with Crippen molar-refractivity contribution in [1.29, 1.82) is 0 Å². The van der Waals surface area contributed by atoms with Crippen LogP contribution < -0.4 is 5.32 Å². The number of nitrogens with one attached hydrogen (secondary N) is 1. The highest BCUT2D eigenvalue weighted by molar-refractivity contribution is 6.08. The molecule has 0 aromatic heterocycles. The van der Waals surface area contributed by atoms with Crippen molar-refractivity contribution in [1.82, 2.24) is 5.32 Å². The van der Waals surface area contributed by atoms with Gasteiger partial charge >= 0.3 is 0 Å². The summed E-state index contributed by atoms with van der Waals surface area (Å²) in [6, 6.07) is 0. The molecule has 1 nitrogen and oxygen atoms in total. The summed E-state index contributed by atoms with van der Waals surface area (Å²) in [6.45, 7) is 2.48. The van der Waals surface area contributed by atoms with Crippen molar-refractivity contribution in [3.05, 3.63) is 0 Å². The Morgan fingerprint density at radius 3 is 3.11 bits per heavy atom. The molecule has 1 saturated heterocycles. The van der Waals surface area contributed by atoms with Gasteiger partial charge in [0.1, 0.15) is 16.3 Å². The zero-order valence-electron chi connectivity index (χ0n) is 5.90. The second-order valence-electron chi connectivity index (χ2n) is 2.80. The molecule has 1 rings (SSSR count). The first kappa shape index (κ1) is 7.60. The van der Waals surface area contributed by atoms with E-state index >= 15 is 0 Å².